The zero-order chi connectivity index (χ0) is 12.4. The molecule has 0 fully saturated rings. The van der Waals surface area contributed by atoms with E-state index in [-0.39, 0.29) is 17.4 Å². The van der Waals surface area contributed by atoms with Gasteiger partial charge in [-0.1, -0.05) is 0 Å². The summed E-state index contributed by atoms with van der Waals surface area (Å²) in [6.45, 7) is 4.53. The summed E-state index contributed by atoms with van der Waals surface area (Å²) in [6.07, 6.45) is 0. The molecule has 0 spiro atoms. The maximum atomic E-state index is 11.6. The van der Waals surface area contributed by atoms with E-state index in [1.54, 1.807) is 11.3 Å². The first kappa shape index (κ1) is 11.6. The van der Waals surface area contributed by atoms with E-state index in [0.717, 1.165) is 4.88 Å². The van der Waals surface area contributed by atoms with Crippen LogP contribution in [0, 0.1) is 13.8 Å². The molecular weight excluding hydrogens is 240 g/mol. The van der Waals surface area contributed by atoms with Crippen LogP contribution in [0.3, 0.4) is 0 Å². The Morgan fingerprint density at radius 1 is 1.53 bits per heavy atom. The van der Waals surface area contributed by atoms with E-state index in [1.807, 2.05) is 19.9 Å². The lowest BCUT2D eigenvalue weighted by Crippen LogP contribution is -2.23. The van der Waals surface area contributed by atoms with E-state index in [9.17, 15) is 4.79 Å². The number of nitrogens with zero attached hydrogens (tertiary/aromatic N) is 2. The van der Waals surface area contributed by atoms with Gasteiger partial charge in [0.05, 0.1) is 6.54 Å². The smallest absolute Gasteiger partial charge is 0.277 e. The number of aryl methyl sites for hydroxylation is 2. The van der Waals surface area contributed by atoms with E-state index in [2.05, 4.69) is 20.3 Å². The van der Waals surface area contributed by atoms with Crippen molar-refractivity contribution < 1.29 is 9.42 Å². The molecule has 90 valence electrons. The fourth-order valence-electron chi connectivity index (χ4n) is 1.34. The van der Waals surface area contributed by atoms with Crippen molar-refractivity contribution in [1.82, 2.24) is 15.6 Å². The number of carbonyl (C=O) groups is 1. The Morgan fingerprint density at radius 2 is 2.29 bits per heavy atom. The minimum absolute atomic E-state index is 0.000964. The number of nitrogens with one attached hydrogen (secondary N) is 1. The summed E-state index contributed by atoms with van der Waals surface area (Å²) in [5.74, 6) is -0.381. The Hall–Kier alpha value is -1.89. The molecule has 3 N–H and O–H groups in total. The summed E-state index contributed by atoms with van der Waals surface area (Å²) in [4.78, 5) is 14.0. The zero-order valence-electron chi connectivity index (χ0n) is 9.48. The third kappa shape index (κ3) is 2.44. The van der Waals surface area contributed by atoms with Crippen molar-refractivity contribution in [2.24, 2.45) is 0 Å². The molecule has 0 saturated carbocycles. The number of thiophene rings is 1. The second-order valence-corrected chi connectivity index (χ2v) is 4.97. The SMILES string of the molecule is Cc1cc(CNC(=O)c2nonc2N)sc1C. The number of aromatic nitrogens is 2. The summed E-state index contributed by atoms with van der Waals surface area (Å²) in [7, 11) is 0. The maximum absolute atomic E-state index is 11.6. The Bertz CT molecular complexity index is 527. The van der Waals surface area contributed by atoms with Crippen molar-refractivity contribution in [3.8, 4) is 0 Å². The van der Waals surface area contributed by atoms with E-state index in [0.29, 0.717) is 6.54 Å². The fraction of sp³-hybridized carbons (Fsp3) is 0.300. The molecule has 0 aliphatic carbocycles. The Balaban J connectivity index is 1.99. The number of anilines is 1. The molecule has 0 saturated heterocycles. The minimum atomic E-state index is -0.382. The van der Waals surface area contributed by atoms with Crippen molar-refractivity contribution in [1.29, 1.82) is 0 Å². The lowest BCUT2D eigenvalue weighted by Gasteiger charge is -1.99. The van der Waals surface area contributed by atoms with E-state index < -0.39 is 0 Å². The highest BCUT2D eigenvalue weighted by Crippen LogP contribution is 2.20. The maximum Gasteiger partial charge on any atom is 0.277 e. The van der Waals surface area contributed by atoms with Gasteiger partial charge in [-0.3, -0.25) is 4.79 Å². The highest BCUT2D eigenvalue weighted by Gasteiger charge is 2.15. The molecule has 2 rings (SSSR count). The Labute approximate surface area is 102 Å². The monoisotopic (exact) mass is 252 g/mol. The molecule has 0 aliphatic rings. The van der Waals surface area contributed by atoms with Gasteiger partial charge < -0.3 is 11.1 Å². The van der Waals surface area contributed by atoms with Gasteiger partial charge in [-0.05, 0) is 35.8 Å². The average molecular weight is 252 g/mol. The molecule has 2 heterocycles. The van der Waals surface area contributed by atoms with Gasteiger partial charge in [0, 0.05) is 9.75 Å². The van der Waals surface area contributed by atoms with Gasteiger partial charge >= 0.3 is 0 Å². The predicted octanol–water partition coefficient (Wildman–Crippen LogP) is 1.26. The first-order valence-electron chi connectivity index (χ1n) is 5.00. The zero-order valence-corrected chi connectivity index (χ0v) is 10.3. The molecule has 6 nitrogen and oxygen atoms in total. The minimum Gasteiger partial charge on any atom is -0.379 e. The fourth-order valence-corrected chi connectivity index (χ4v) is 2.33. The molecule has 1 amide bonds. The summed E-state index contributed by atoms with van der Waals surface area (Å²) < 4.78 is 4.36. The van der Waals surface area contributed by atoms with E-state index in [1.165, 1.54) is 10.4 Å². The van der Waals surface area contributed by atoms with Gasteiger partial charge in [-0.25, -0.2) is 4.63 Å². The second kappa shape index (κ2) is 4.54. The number of hydrogen-bond donors (Lipinski definition) is 2. The molecule has 0 unspecified atom stereocenters. The third-order valence-electron chi connectivity index (χ3n) is 2.37. The van der Waals surface area contributed by atoms with Crippen molar-refractivity contribution in [3.63, 3.8) is 0 Å². The topological polar surface area (TPSA) is 94.0 Å². The Kier molecular flexibility index (Phi) is 3.10. The summed E-state index contributed by atoms with van der Waals surface area (Å²) >= 11 is 1.65. The van der Waals surface area contributed by atoms with Crippen LogP contribution in [0.5, 0.6) is 0 Å². The van der Waals surface area contributed by atoms with Crippen LogP contribution < -0.4 is 11.1 Å². The first-order chi connectivity index (χ1) is 8.08. The van der Waals surface area contributed by atoms with E-state index in [4.69, 9.17) is 5.73 Å². The molecule has 0 aliphatic heterocycles. The Morgan fingerprint density at radius 3 is 2.82 bits per heavy atom. The quantitative estimate of drug-likeness (QED) is 0.857. The number of nitrogens with two attached hydrogens (primary N) is 1. The first-order valence-corrected chi connectivity index (χ1v) is 5.81. The summed E-state index contributed by atoms with van der Waals surface area (Å²) in [5, 5.41) is 9.49. The molecule has 2 aromatic rings. The number of nitrogen functional groups attached to an aromatic ring is 1. The highest BCUT2D eigenvalue weighted by molar-refractivity contribution is 7.12. The molecule has 0 bridgehead atoms. The van der Waals surface area contributed by atoms with Crippen molar-refractivity contribution in [2.45, 2.75) is 20.4 Å². The largest absolute Gasteiger partial charge is 0.379 e. The van der Waals surface area contributed by atoms with Gasteiger partial charge in [0.15, 0.2) is 0 Å². The normalized spacial score (nSPS) is 10.5. The number of amides is 1. The van der Waals surface area contributed by atoms with Crippen molar-refractivity contribution in [3.05, 3.63) is 27.1 Å². The van der Waals surface area contributed by atoms with Crippen molar-refractivity contribution >= 4 is 23.1 Å². The van der Waals surface area contributed by atoms with Gasteiger partial charge in [0.2, 0.25) is 11.5 Å². The van der Waals surface area contributed by atoms with Gasteiger partial charge in [-0.15, -0.1) is 11.3 Å². The van der Waals surface area contributed by atoms with Crippen LogP contribution in [-0.4, -0.2) is 16.2 Å². The molecule has 0 aromatic carbocycles. The highest BCUT2D eigenvalue weighted by atomic mass is 32.1. The average Bonchev–Trinajstić information content (AvgIpc) is 2.83. The summed E-state index contributed by atoms with van der Waals surface area (Å²) in [5.41, 5.74) is 6.66. The second-order valence-electron chi connectivity index (χ2n) is 3.63. The van der Waals surface area contributed by atoms with Gasteiger partial charge in [0.25, 0.3) is 5.91 Å². The molecule has 7 heteroatoms. The summed E-state index contributed by atoms with van der Waals surface area (Å²) in [6, 6.07) is 2.05. The molecule has 0 radical (unpaired) electrons. The van der Waals surface area contributed by atoms with Gasteiger partial charge in [0.1, 0.15) is 0 Å². The van der Waals surface area contributed by atoms with Crippen LogP contribution in [0.4, 0.5) is 5.82 Å². The van der Waals surface area contributed by atoms with Crippen LogP contribution in [-0.2, 0) is 6.54 Å². The van der Waals surface area contributed by atoms with Gasteiger partial charge in [-0.2, -0.15) is 0 Å². The standard InChI is InChI=1S/C10H12N4O2S/c1-5-3-7(17-6(5)2)4-12-10(15)8-9(11)14-16-13-8/h3H,4H2,1-2H3,(H2,11,14)(H,12,15). The van der Waals surface area contributed by atoms with Crippen LogP contribution in [0.1, 0.15) is 25.8 Å². The van der Waals surface area contributed by atoms with Crippen LogP contribution >= 0.6 is 11.3 Å². The van der Waals surface area contributed by atoms with Crippen LogP contribution in [0.2, 0.25) is 0 Å². The number of rotatable bonds is 3. The molecular formula is C10H12N4O2S. The number of hydrogen-bond acceptors (Lipinski definition) is 6. The van der Waals surface area contributed by atoms with Crippen molar-refractivity contribution in [2.75, 3.05) is 5.73 Å². The number of carbonyl (C=O) groups excluding carboxylic acids is 1. The van der Waals surface area contributed by atoms with E-state index >= 15 is 0 Å². The molecule has 17 heavy (non-hydrogen) atoms. The molecule has 2 aromatic heterocycles. The van der Waals surface area contributed by atoms with Crippen LogP contribution in [0.15, 0.2) is 10.7 Å². The lowest BCUT2D eigenvalue weighted by atomic mass is 10.3. The molecule has 0 atom stereocenters. The lowest BCUT2D eigenvalue weighted by molar-refractivity contribution is 0.0942. The van der Waals surface area contributed by atoms with Crippen LogP contribution in [0.25, 0.3) is 0 Å². The predicted molar refractivity (Wildman–Crippen MR) is 63.7 cm³/mol. The third-order valence-corrected chi connectivity index (χ3v) is 3.52.